The van der Waals surface area contributed by atoms with Gasteiger partial charge in [-0.25, -0.2) is 0 Å². The van der Waals surface area contributed by atoms with E-state index in [4.69, 9.17) is 4.74 Å². The van der Waals surface area contributed by atoms with Gasteiger partial charge in [-0.15, -0.1) is 5.10 Å². The lowest BCUT2D eigenvalue weighted by atomic mass is 10.1. The van der Waals surface area contributed by atoms with E-state index in [-0.39, 0.29) is 24.2 Å². The number of amides is 2. The first-order chi connectivity index (χ1) is 11.3. The van der Waals surface area contributed by atoms with Crippen LogP contribution in [-0.2, 0) is 11.8 Å². The van der Waals surface area contributed by atoms with Crippen molar-refractivity contribution in [2.45, 2.75) is 13.8 Å². The van der Waals surface area contributed by atoms with E-state index < -0.39 is 0 Å². The molecule has 1 aromatic heterocycles. The molecule has 0 unspecified atom stereocenters. The Kier molecular flexibility index (Phi) is 5.23. The van der Waals surface area contributed by atoms with Gasteiger partial charge in [0.2, 0.25) is 11.8 Å². The van der Waals surface area contributed by atoms with E-state index in [2.05, 4.69) is 10.4 Å². The molecule has 1 aromatic carbocycles. The number of nitrogens with zero attached hydrogens (tertiary/aromatic N) is 3. The number of aromatic nitrogens is 2. The summed E-state index contributed by atoms with van der Waals surface area (Å²) in [6, 6.07) is 5.69. The van der Waals surface area contributed by atoms with Gasteiger partial charge in [0.1, 0.15) is 5.56 Å². The Morgan fingerprint density at radius 1 is 1.29 bits per heavy atom. The highest BCUT2D eigenvalue weighted by atomic mass is 16.5. The molecule has 2 amide bonds. The van der Waals surface area contributed by atoms with Crippen LogP contribution in [0.25, 0.3) is 0 Å². The fourth-order valence-corrected chi connectivity index (χ4v) is 2.28. The summed E-state index contributed by atoms with van der Waals surface area (Å²) in [6.07, 6.45) is 1.57. The van der Waals surface area contributed by atoms with Crippen molar-refractivity contribution in [3.8, 4) is 5.88 Å². The standard InChI is InChI=1S/C17H22N4O3/c1-11-6-7-13(8-12(11)2)18-15(22)10-20(3)17(23)14-9-21(4)19-16(14)24-5/h6-9H,10H2,1-5H3,(H,18,22). The monoisotopic (exact) mass is 330 g/mol. The third kappa shape index (κ3) is 3.92. The van der Waals surface area contributed by atoms with E-state index in [0.29, 0.717) is 11.3 Å². The van der Waals surface area contributed by atoms with Crippen molar-refractivity contribution >= 4 is 17.5 Å². The largest absolute Gasteiger partial charge is 0.479 e. The van der Waals surface area contributed by atoms with E-state index in [1.54, 1.807) is 20.3 Å². The number of methoxy groups -OCH3 is 1. The number of likely N-dealkylation sites (N-methyl/N-ethyl adjacent to an activating group) is 1. The molecule has 7 heteroatoms. The maximum atomic E-state index is 12.4. The van der Waals surface area contributed by atoms with Gasteiger partial charge in [0.15, 0.2) is 0 Å². The lowest BCUT2D eigenvalue weighted by Crippen LogP contribution is -2.35. The average molecular weight is 330 g/mol. The molecule has 24 heavy (non-hydrogen) atoms. The number of ether oxygens (including phenoxy) is 1. The van der Waals surface area contributed by atoms with Gasteiger partial charge in [0.25, 0.3) is 5.91 Å². The highest BCUT2D eigenvalue weighted by Gasteiger charge is 2.21. The second kappa shape index (κ2) is 7.16. The van der Waals surface area contributed by atoms with Gasteiger partial charge in [-0.2, -0.15) is 0 Å². The summed E-state index contributed by atoms with van der Waals surface area (Å²) < 4.78 is 6.58. The second-order valence-corrected chi connectivity index (χ2v) is 5.73. The van der Waals surface area contributed by atoms with Crippen molar-refractivity contribution in [1.29, 1.82) is 0 Å². The fourth-order valence-electron chi connectivity index (χ4n) is 2.28. The van der Waals surface area contributed by atoms with Crippen LogP contribution in [0.1, 0.15) is 21.5 Å². The van der Waals surface area contributed by atoms with Crippen LogP contribution >= 0.6 is 0 Å². The Morgan fingerprint density at radius 3 is 2.62 bits per heavy atom. The summed E-state index contributed by atoms with van der Waals surface area (Å²) in [4.78, 5) is 25.9. The predicted molar refractivity (Wildman–Crippen MR) is 91.3 cm³/mol. The van der Waals surface area contributed by atoms with Crippen molar-refractivity contribution in [2.75, 3.05) is 26.0 Å². The Labute approximate surface area is 141 Å². The zero-order chi connectivity index (χ0) is 17.9. The van der Waals surface area contributed by atoms with Gasteiger partial charge < -0.3 is 15.0 Å². The molecular formula is C17H22N4O3. The molecule has 0 fully saturated rings. The third-order valence-corrected chi connectivity index (χ3v) is 3.74. The minimum atomic E-state index is -0.324. The van der Waals surface area contributed by atoms with Crippen molar-refractivity contribution in [2.24, 2.45) is 7.05 Å². The van der Waals surface area contributed by atoms with Crippen LogP contribution in [0.4, 0.5) is 5.69 Å². The van der Waals surface area contributed by atoms with Crippen LogP contribution in [0.3, 0.4) is 0 Å². The molecule has 1 heterocycles. The van der Waals surface area contributed by atoms with Crippen LogP contribution in [0.5, 0.6) is 5.88 Å². The molecule has 2 aromatic rings. The minimum absolute atomic E-state index is 0.0657. The Balaban J connectivity index is 2.02. The Hall–Kier alpha value is -2.83. The molecule has 0 atom stereocenters. The Morgan fingerprint density at radius 2 is 2.00 bits per heavy atom. The quantitative estimate of drug-likeness (QED) is 0.906. The third-order valence-electron chi connectivity index (χ3n) is 3.74. The molecular weight excluding hydrogens is 308 g/mol. The van der Waals surface area contributed by atoms with E-state index in [9.17, 15) is 9.59 Å². The molecule has 0 saturated carbocycles. The highest BCUT2D eigenvalue weighted by Crippen LogP contribution is 2.17. The first-order valence-electron chi connectivity index (χ1n) is 7.52. The molecule has 0 radical (unpaired) electrons. The molecule has 0 aliphatic carbocycles. The average Bonchev–Trinajstić information content (AvgIpc) is 2.91. The first kappa shape index (κ1) is 17.5. The number of hydrogen-bond donors (Lipinski definition) is 1. The van der Waals surface area contributed by atoms with E-state index in [1.165, 1.54) is 16.7 Å². The maximum absolute atomic E-state index is 12.4. The zero-order valence-electron chi connectivity index (χ0n) is 14.6. The Bertz CT molecular complexity index is 767. The SMILES string of the molecule is COc1nn(C)cc1C(=O)N(C)CC(=O)Nc1ccc(C)c(C)c1. The molecule has 0 spiro atoms. The molecule has 128 valence electrons. The van der Waals surface area contributed by atoms with Crippen LogP contribution < -0.4 is 10.1 Å². The summed E-state index contributed by atoms with van der Waals surface area (Å²) in [6.45, 7) is 3.92. The smallest absolute Gasteiger partial charge is 0.261 e. The number of benzene rings is 1. The fraction of sp³-hybridized carbons (Fsp3) is 0.353. The van der Waals surface area contributed by atoms with Crippen LogP contribution in [0, 0.1) is 13.8 Å². The number of rotatable bonds is 5. The van der Waals surface area contributed by atoms with E-state index in [0.717, 1.165) is 11.1 Å². The summed E-state index contributed by atoms with van der Waals surface area (Å²) in [7, 11) is 4.71. The summed E-state index contributed by atoms with van der Waals surface area (Å²) >= 11 is 0. The lowest BCUT2D eigenvalue weighted by Gasteiger charge is -2.16. The summed E-state index contributed by atoms with van der Waals surface area (Å²) in [5, 5.41) is 6.84. The summed E-state index contributed by atoms with van der Waals surface area (Å²) in [5.41, 5.74) is 3.28. The van der Waals surface area contributed by atoms with Crippen molar-refractivity contribution < 1.29 is 14.3 Å². The topological polar surface area (TPSA) is 76.5 Å². The zero-order valence-corrected chi connectivity index (χ0v) is 14.6. The van der Waals surface area contributed by atoms with Gasteiger partial charge in [-0.3, -0.25) is 14.3 Å². The maximum Gasteiger partial charge on any atom is 0.261 e. The number of aryl methyl sites for hydroxylation is 3. The van der Waals surface area contributed by atoms with E-state index in [1.807, 2.05) is 32.0 Å². The van der Waals surface area contributed by atoms with Crippen LogP contribution in [0.2, 0.25) is 0 Å². The van der Waals surface area contributed by atoms with Crippen molar-refractivity contribution in [3.05, 3.63) is 41.1 Å². The lowest BCUT2D eigenvalue weighted by molar-refractivity contribution is -0.116. The van der Waals surface area contributed by atoms with Crippen LogP contribution in [-0.4, -0.2) is 47.2 Å². The number of nitrogens with one attached hydrogen (secondary N) is 1. The van der Waals surface area contributed by atoms with Gasteiger partial charge in [0.05, 0.1) is 13.7 Å². The van der Waals surface area contributed by atoms with Gasteiger partial charge in [-0.1, -0.05) is 6.07 Å². The van der Waals surface area contributed by atoms with Crippen molar-refractivity contribution in [1.82, 2.24) is 14.7 Å². The van der Waals surface area contributed by atoms with Gasteiger partial charge in [-0.05, 0) is 37.1 Å². The highest BCUT2D eigenvalue weighted by molar-refractivity contribution is 6.00. The normalized spacial score (nSPS) is 10.4. The number of anilines is 1. The molecule has 1 N–H and O–H groups in total. The molecule has 0 aliphatic heterocycles. The molecule has 0 saturated heterocycles. The minimum Gasteiger partial charge on any atom is -0.479 e. The van der Waals surface area contributed by atoms with Crippen molar-refractivity contribution in [3.63, 3.8) is 0 Å². The predicted octanol–water partition coefficient (Wildman–Crippen LogP) is 1.76. The van der Waals surface area contributed by atoms with Gasteiger partial charge >= 0.3 is 0 Å². The summed E-state index contributed by atoms with van der Waals surface area (Å²) in [5.74, 6) is -0.351. The van der Waals surface area contributed by atoms with E-state index >= 15 is 0 Å². The second-order valence-electron chi connectivity index (χ2n) is 5.73. The molecule has 7 nitrogen and oxygen atoms in total. The number of carbonyl (C=O) groups is 2. The van der Waals surface area contributed by atoms with Gasteiger partial charge in [0, 0.05) is 26.0 Å². The molecule has 0 bridgehead atoms. The van der Waals surface area contributed by atoms with Crippen LogP contribution in [0.15, 0.2) is 24.4 Å². The molecule has 2 rings (SSSR count). The first-order valence-corrected chi connectivity index (χ1v) is 7.52. The number of carbonyl (C=O) groups excluding carboxylic acids is 2. The number of hydrogen-bond acceptors (Lipinski definition) is 4. The molecule has 0 aliphatic rings.